The van der Waals surface area contributed by atoms with Crippen LogP contribution in [0.15, 0.2) is 48.8 Å². The summed E-state index contributed by atoms with van der Waals surface area (Å²) >= 11 is 0. The highest BCUT2D eigenvalue weighted by molar-refractivity contribution is 5.89. The van der Waals surface area contributed by atoms with Gasteiger partial charge in [-0.3, -0.25) is 20.0 Å². The van der Waals surface area contributed by atoms with E-state index in [-0.39, 0.29) is 24.4 Å². The summed E-state index contributed by atoms with van der Waals surface area (Å²) in [5, 5.41) is 28.3. The van der Waals surface area contributed by atoms with Crippen LogP contribution in [0.1, 0.15) is 78.5 Å². The van der Waals surface area contributed by atoms with Crippen molar-refractivity contribution in [3.05, 3.63) is 65.5 Å². The highest BCUT2D eigenvalue weighted by Gasteiger charge is 2.44. The second kappa shape index (κ2) is 17.8. The SMILES string of the molecule is Cc1ccncc1CN1CCN(C(C(=O)NC(Cc2ccccc2)C(O)CN(CCC(C)C)NC(=O)C(NC(=O)O)C(C)(C)C)C(C)(C)C)C1=O. The Kier molecular flexibility index (Phi) is 14.4. The Labute approximate surface area is 303 Å². The van der Waals surface area contributed by atoms with E-state index in [2.05, 4.69) is 21.0 Å². The van der Waals surface area contributed by atoms with Crippen molar-refractivity contribution in [2.24, 2.45) is 16.7 Å². The van der Waals surface area contributed by atoms with Gasteiger partial charge in [-0.05, 0) is 59.3 Å². The van der Waals surface area contributed by atoms with Gasteiger partial charge >= 0.3 is 12.1 Å². The molecule has 1 aliphatic rings. The van der Waals surface area contributed by atoms with E-state index in [0.29, 0.717) is 39.0 Å². The summed E-state index contributed by atoms with van der Waals surface area (Å²) in [4.78, 5) is 60.7. The molecule has 5 amide bonds. The molecular formula is C38H59N7O6. The normalized spacial score (nSPS) is 16.2. The van der Waals surface area contributed by atoms with Crippen LogP contribution < -0.4 is 16.1 Å². The fourth-order valence-corrected chi connectivity index (χ4v) is 6.25. The predicted octanol–water partition coefficient (Wildman–Crippen LogP) is 4.19. The summed E-state index contributed by atoms with van der Waals surface area (Å²) in [6, 6.07) is 8.49. The molecular weight excluding hydrogens is 650 g/mol. The molecule has 13 heteroatoms. The number of nitrogens with zero attached hydrogens (tertiary/aromatic N) is 4. The molecule has 1 aromatic heterocycles. The summed E-state index contributed by atoms with van der Waals surface area (Å²) in [7, 11) is 0. The zero-order chi connectivity index (χ0) is 38.1. The quantitative estimate of drug-likeness (QED) is 0.162. The van der Waals surface area contributed by atoms with Gasteiger partial charge in [0.25, 0.3) is 5.91 Å². The van der Waals surface area contributed by atoms with Crippen LogP contribution in [0.2, 0.25) is 0 Å². The molecule has 0 spiro atoms. The van der Waals surface area contributed by atoms with Crippen LogP contribution in [0.3, 0.4) is 0 Å². The zero-order valence-electron chi connectivity index (χ0n) is 31.8. The van der Waals surface area contributed by atoms with Gasteiger partial charge in [0, 0.05) is 45.1 Å². The van der Waals surface area contributed by atoms with Crippen LogP contribution in [-0.4, -0.2) is 104 Å². The number of rotatable bonds is 16. The molecule has 0 radical (unpaired) electrons. The molecule has 0 saturated carbocycles. The first-order valence-corrected chi connectivity index (χ1v) is 17.8. The molecule has 51 heavy (non-hydrogen) atoms. The lowest BCUT2D eigenvalue weighted by atomic mass is 9.84. The number of aromatic nitrogens is 1. The van der Waals surface area contributed by atoms with Gasteiger partial charge in [-0.2, -0.15) is 0 Å². The Bertz CT molecular complexity index is 1470. The van der Waals surface area contributed by atoms with E-state index in [9.17, 15) is 29.4 Å². The first kappa shape index (κ1) is 41.2. The Balaban J connectivity index is 1.87. The number of nitrogens with one attached hydrogen (secondary N) is 3. The van der Waals surface area contributed by atoms with Crippen molar-refractivity contribution in [3.63, 3.8) is 0 Å². The highest BCUT2D eigenvalue weighted by Crippen LogP contribution is 2.29. The van der Waals surface area contributed by atoms with Crippen molar-refractivity contribution < 1.29 is 29.4 Å². The van der Waals surface area contributed by atoms with E-state index in [0.717, 1.165) is 16.7 Å². The van der Waals surface area contributed by atoms with Gasteiger partial charge in [-0.1, -0.05) is 85.7 Å². The molecule has 1 aliphatic heterocycles. The number of carbonyl (C=O) groups is 4. The first-order chi connectivity index (χ1) is 23.8. The molecule has 1 saturated heterocycles. The molecule has 1 fully saturated rings. The molecule has 282 valence electrons. The van der Waals surface area contributed by atoms with Crippen LogP contribution in [0.5, 0.6) is 0 Å². The molecule has 4 atom stereocenters. The van der Waals surface area contributed by atoms with E-state index in [1.807, 2.05) is 77.9 Å². The average Bonchev–Trinajstić information content (AvgIpc) is 3.37. The lowest BCUT2D eigenvalue weighted by Crippen LogP contribution is -2.61. The third kappa shape index (κ3) is 12.2. The number of carboxylic acid groups (broad SMARTS) is 1. The van der Waals surface area contributed by atoms with Crippen molar-refractivity contribution in [3.8, 4) is 0 Å². The van der Waals surface area contributed by atoms with Gasteiger partial charge < -0.3 is 30.6 Å². The molecule has 2 heterocycles. The second-order valence-corrected chi connectivity index (χ2v) is 16.2. The number of hydrogen-bond donors (Lipinski definition) is 5. The molecule has 1 aromatic carbocycles. The molecule has 2 aromatic rings. The van der Waals surface area contributed by atoms with Crippen molar-refractivity contribution in [2.75, 3.05) is 26.2 Å². The fourth-order valence-electron chi connectivity index (χ4n) is 6.25. The smallest absolute Gasteiger partial charge is 0.405 e. The maximum atomic E-state index is 14.3. The molecule has 13 nitrogen and oxygen atoms in total. The minimum atomic E-state index is -1.32. The van der Waals surface area contributed by atoms with Crippen molar-refractivity contribution in [1.82, 2.24) is 35.9 Å². The maximum absolute atomic E-state index is 14.3. The predicted molar refractivity (Wildman–Crippen MR) is 196 cm³/mol. The van der Waals surface area contributed by atoms with Gasteiger partial charge in [-0.25, -0.2) is 14.6 Å². The van der Waals surface area contributed by atoms with Crippen LogP contribution in [-0.2, 0) is 22.6 Å². The third-order valence-corrected chi connectivity index (χ3v) is 9.15. The first-order valence-electron chi connectivity index (χ1n) is 17.8. The van der Waals surface area contributed by atoms with Crippen LogP contribution in [0.4, 0.5) is 9.59 Å². The monoisotopic (exact) mass is 709 g/mol. The largest absolute Gasteiger partial charge is 0.465 e. The lowest BCUT2D eigenvalue weighted by molar-refractivity contribution is -0.133. The lowest BCUT2D eigenvalue weighted by Gasteiger charge is -2.38. The molecule has 5 N–H and O–H groups in total. The van der Waals surface area contributed by atoms with Gasteiger partial charge in [0.1, 0.15) is 12.1 Å². The number of aliphatic hydroxyl groups excluding tert-OH is 1. The minimum Gasteiger partial charge on any atom is -0.465 e. The Morgan fingerprint density at radius 2 is 1.63 bits per heavy atom. The van der Waals surface area contributed by atoms with E-state index in [1.165, 1.54) is 0 Å². The number of amides is 5. The number of benzene rings is 1. The Morgan fingerprint density at radius 1 is 0.961 bits per heavy atom. The molecule has 4 unspecified atom stereocenters. The van der Waals surface area contributed by atoms with Gasteiger partial charge in [0.15, 0.2) is 0 Å². The highest BCUT2D eigenvalue weighted by atomic mass is 16.4. The second-order valence-electron chi connectivity index (χ2n) is 16.2. The van der Waals surface area contributed by atoms with Crippen molar-refractivity contribution >= 4 is 23.9 Å². The molecule has 3 rings (SSSR count). The molecule has 0 bridgehead atoms. The average molecular weight is 710 g/mol. The Morgan fingerprint density at radius 3 is 2.20 bits per heavy atom. The zero-order valence-corrected chi connectivity index (χ0v) is 31.8. The van der Waals surface area contributed by atoms with Crippen molar-refractivity contribution in [2.45, 2.75) is 106 Å². The number of hydrazine groups is 1. The maximum Gasteiger partial charge on any atom is 0.405 e. The minimum absolute atomic E-state index is 0.0404. The van der Waals surface area contributed by atoms with Crippen LogP contribution in [0, 0.1) is 23.7 Å². The van der Waals surface area contributed by atoms with Crippen LogP contribution >= 0.6 is 0 Å². The van der Waals surface area contributed by atoms with Gasteiger partial charge in [-0.15, -0.1) is 0 Å². The number of carbonyl (C=O) groups excluding carboxylic acids is 3. The summed E-state index contributed by atoms with van der Waals surface area (Å²) in [6.45, 7) is 18.7. The van der Waals surface area contributed by atoms with E-state index >= 15 is 0 Å². The summed E-state index contributed by atoms with van der Waals surface area (Å²) < 4.78 is 0. The summed E-state index contributed by atoms with van der Waals surface area (Å²) in [6.07, 6.45) is 1.99. The standard InChI is InChI=1S/C38H59N7O6/c1-25(2)16-18-44(42-33(47)31(37(4,5)6)41-35(49)50)24-30(46)29(21-27-13-11-10-12-14-27)40-34(48)32(38(7,8)9)45-20-19-43(36(45)51)23-28-22-39-17-15-26(28)3/h10-15,17,22,25,29-32,41,46H,16,18-21,23-24H2,1-9H3,(H,40,48)(H,42,47)(H,49,50). The van der Waals surface area contributed by atoms with E-state index in [4.69, 9.17) is 0 Å². The van der Waals surface area contributed by atoms with E-state index in [1.54, 1.807) is 48.0 Å². The number of pyridine rings is 1. The Hall–Kier alpha value is -4.23. The number of urea groups is 1. The van der Waals surface area contributed by atoms with Gasteiger partial charge in [0.2, 0.25) is 5.91 Å². The fraction of sp³-hybridized carbons (Fsp3) is 0.605. The number of hydrogen-bond acceptors (Lipinski definition) is 7. The number of aryl methyl sites for hydroxylation is 1. The van der Waals surface area contributed by atoms with Crippen LogP contribution in [0.25, 0.3) is 0 Å². The topological polar surface area (TPSA) is 167 Å². The third-order valence-electron chi connectivity index (χ3n) is 9.15. The summed E-state index contributed by atoms with van der Waals surface area (Å²) in [5.41, 5.74) is 4.34. The molecule has 0 aliphatic carbocycles. The van der Waals surface area contributed by atoms with E-state index < -0.39 is 47.1 Å². The van der Waals surface area contributed by atoms with Gasteiger partial charge in [0.05, 0.1) is 12.1 Å². The summed E-state index contributed by atoms with van der Waals surface area (Å²) in [5.74, 6) is -0.647. The van der Waals surface area contributed by atoms with Crippen molar-refractivity contribution in [1.29, 1.82) is 0 Å². The number of aliphatic hydroxyl groups is 1.